The summed E-state index contributed by atoms with van der Waals surface area (Å²) in [5.74, 6) is -1.26. The van der Waals surface area contributed by atoms with Crippen molar-refractivity contribution in [3.63, 3.8) is 0 Å². The minimum atomic E-state index is -1.48. The van der Waals surface area contributed by atoms with E-state index in [4.69, 9.17) is 19.0 Å². The maximum atomic E-state index is 13.8. The summed E-state index contributed by atoms with van der Waals surface area (Å²) in [6, 6.07) is 22.6. The highest BCUT2D eigenvalue weighted by Gasteiger charge is 2.39. The van der Waals surface area contributed by atoms with E-state index in [1.807, 2.05) is 71.5 Å². The lowest BCUT2D eigenvalue weighted by Crippen LogP contribution is -2.47. The van der Waals surface area contributed by atoms with Crippen molar-refractivity contribution >= 4 is 23.0 Å². The second kappa shape index (κ2) is 15.5. The molecule has 12 heteroatoms. The van der Waals surface area contributed by atoms with E-state index in [1.54, 1.807) is 18.5 Å². The summed E-state index contributed by atoms with van der Waals surface area (Å²) < 4.78 is 20.1. The minimum Gasteiger partial charge on any atom is -0.467 e. The second-order valence-electron chi connectivity index (χ2n) is 11.7. The van der Waals surface area contributed by atoms with Gasteiger partial charge in [-0.05, 0) is 36.0 Å². The van der Waals surface area contributed by atoms with Gasteiger partial charge in [0.1, 0.15) is 6.33 Å². The lowest BCUT2D eigenvalue weighted by molar-refractivity contribution is -0.184. The van der Waals surface area contributed by atoms with E-state index in [1.165, 1.54) is 18.2 Å². The molecular weight excluding hydrogens is 612 g/mol. The molecule has 5 aromatic rings. The molecule has 0 amide bonds. The van der Waals surface area contributed by atoms with Crippen molar-refractivity contribution in [2.45, 2.75) is 63.6 Å². The Labute approximate surface area is 277 Å². The molecule has 1 saturated carbocycles. The number of hydrogen-bond acceptors (Lipinski definition) is 10. The molecule has 2 aromatic carbocycles. The van der Waals surface area contributed by atoms with E-state index >= 15 is 0 Å². The summed E-state index contributed by atoms with van der Waals surface area (Å²) in [6.07, 6.45) is 8.53. The number of carbonyl (C=O) groups is 2. The number of aromatic nitrogens is 5. The van der Waals surface area contributed by atoms with E-state index in [-0.39, 0.29) is 19.3 Å². The molecule has 48 heavy (non-hydrogen) atoms. The summed E-state index contributed by atoms with van der Waals surface area (Å²) in [6.45, 7) is 0.0466. The predicted molar refractivity (Wildman–Crippen MR) is 174 cm³/mol. The number of carbonyl (C=O) groups excluding carboxylic acids is 2. The Morgan fingerprint density at radius 2 is 1.56 bits per heavy atom. The number of ether oxygens (including phenoxy) is 3. The summed E-state index contributed by atoms with van der Waals surface area (Å²) >= 11 is 0. The monoisotopic (exact) mass is 648 g/mol. The molecule has 3 aromatic heterocycles. The topological polar surface area (TPSA) is 143 Å². The van der Waals surface area contributed by atoms with Crippen LogP contribution in [0.15, 0.2) is 91.6 Å². The molecule has 0 aliphatic heterocycles. The normalized spacial score (nSPS) is 15.1. The van der Waals surface area contributed by atoms with Crippen LogP contribution in [0.1, 0.15) is 49.3 Å². The SMILES string of the molecule is COC(=O)[C@@H](OCc1ccccc1)[C@H](OCc1ccccc1)C(=O)On1ccc2c(-c3cnn([C@H](CC#N)C4CCCC4)c3)ncnc21. The van der Waals surface area contributed by atoms with Crippen LogP contribution >= 0.6 is 0 Å². The smallest absolute Gasteiger partial charge is 0.364 e. The van der Waals surface area contributed by atoms with Crippen molar-refractivity contribution in [3.8, 4) is 17.3 Å². The first-order valence-electron chi connectivity index (χ1n) is 15.9. The van der Waals surface area contributed by atoms with Crippen molar-refractivity contribution in [2.75, 3.05) is 7.11 Å². The zero-order valence-corrected chi connectivity index (χ0v) is 26.6. The third-order valence-corrected chi connectivity index (χ3v) is 8.58. The molecule has 0 unspecified atom stereocenters. The molecule has 1 aliphatic rings. The number of methoxy groups -OCH3 is 1. The summed E-state index contributed by atoms with van der Waals surface area (Å²) in [7, 11) is 1.22. The minimum absolute atomic E-state index is 0.00573. The maximum absolute atomic E-state index is 13.8. The molecule has 0 bridgehead atoms. The van der Waals surface area contributed by atoms with Crippen LogP contribution in [-0.2, 0) is 37.0 Å². The van der Waals surface area contributed by atoms with Crippen molar-refractivity contribution < 1.29 is 28.6 Å². The van der Waals surface area contributed by atoms with Gasteiger partial charge >= 0.3 is 11.9 Å². The van der Waals surface area contributed by atoms with Crippen molar-refractivity contribution in [1.29, 1.82) is 5.26 Å². The molecule has 3 heterocycles. The number of nitrogens with zero attached hydrogens (tertiary/aromatic N) is 6. The molecule has 246 valence electrons. The van der Waals surface area contributed by atoms with Crippen LogP contribution in [0.4, 0.5) is 0 Å². The maximum Gasteiger partial charge on any atom is 0.364 e. The fourth-order valence-electron chi connectivity index (χ4n) is 6.13. The lowest BCUT2D eigenvalue weighted by atomic mass is 9.96. The van der Waals surface area contributed by atoms with E-state index in [0.29, 0.717) is 29.1 Å². The highest BCUT2D eigenvalue weighted by Crippen LogP contribution is 2.36. The van der Waals surface area contributed by atoms with Crippen LogP contribution in [0.25, 0.3) is 22.3 Å². The molecule has 3 atom stereocenters. The summed E-state index contributed by atoms with van der Waals surface area (Å²) in [5, 5.41) is 14.7. The molecule has 1 fully saturated rings. The Morgan fingerprint density at radius 1 is 0.917 bits per heavy atom. The Kier molecular flexibility index (Phi) is 10.5. The fraction of sp³-hybridized carbons (Fsp3) is 0.333. The zero-order valence-electron chi connectivity index (χ0n) is 26.6. The fourth-order valence-corrected chi connectivity index (χ4v) is 6.13. The van der Waals surface area contributed by atoms with Gasteiger partial charge in [-0.3, -0.25) is 4.68 Å². The Hall–Kier alpha value is -5.38. The van der Waals surface area contributed by atoms with Gasteiger partial charge in [0.2, 0.25) is 0 Å². The molecule has 6 rings (SSSR count). The van der Waals surface area contributed by atoms with Crippen molar-refractivity contribution in [1.82, 2.24) is 24.5 Å². The Morgan fingerprint density at radius 3 is 2.19 bits per heavy atom. The molecule has 0 spiro atoms. The van der Waals surface area contributed by atoms with Gasteiger partial charge in [-0.15, -0.1) is 0 Å². The first-order valence-corrected chi connectivity index (χ1v) is 15.9. The molecule has 0 N–H and O–H groups in total. The molecule has 0 radical (unpaired) electrons. The third-order valence-electron chi connectivity index (χ3n) is 8.58. The lowest BCUT2D eigenvalue weighted by Gasteiger charge is -2.24. The van der Waals surface area contributed by atoms with Crippen LogP contribution in [0.2, 0.25) is 0 Å². The first-order chi connectivity index (χ1) is 23.6. The highest BCUT2D eigenvalue weighted by molar-refractivity contribution is 5.91. The number of hydrogen-bond donors (Lipinski definition) is 0. The van der Waals surface area contributed by atoms with Crippen LogP contribution < -0.4 is 4.84 Å². The standard InChI is InChI=1S/C36H36N6O6/c1-45-35(43)32(46-22-25-10-4-2-5-11-25)33(47-23-26-12-6-3-7-13-26)36(44)48-42-19-17-29-31(38-24-39-34(29)42)28-20-40-41(21-28)30(16-18-37)27-14-8-9-15-27/h2-7,10-13,17,19-21,24,27,30,32-33H,8-9,14-16,22-23H2,1H3/t30-,32+,33+/m1/s1. The molecule has 1 aliphatic carbocycles. The van der Waals surface area contributed by atoms with E-state index < -0.39 is 24.1 Å². The van der Waals surface area contributed by atoms with Gasteiger partial charge in [0.25, 0.3) is 0 Å². The number of nitriles is 1. The van der Waals surface area contributed by atoms with Gasteiger partial charge < -0.3 is 19.0 Å². The van der Waals surface area contributed by atoms with Gasteiger partial charge in [-0.25, -0.2) is 19.6 Å². The average Bonchev–Trinajstić information content (AvgIpc) is 3.92. The number of benzene rings is 2. The zero-order chi connectivity index (χ0) is 33.3. The van der Waals surface area contributed by atoms with E-state index in [9.17, 15) is 14.9 Å². The summed E-state index contributed by atoms with van der Waals surface area (Å²) in [4.78, 5) is 41.5. The first kappa shape index (κ1) is 32.6. The van der Waals surface area contributed by atoms with Gasteiger partial charge in [0.05, 0.1) is 50.7 Å². The molecular formula is C36H36N6O6. The molecule has 12 nitrogen and oxygen atoms in total. The molecule has 0 saturated heterocycles. The van der Waals surface area contributed by atoms with Crippen LogP contribution in [0, 0.1) is 17.2 Å². The Bertz CT molecular complexity index is 1860. The highest BCUT2D eigenvalue weighted by atomic mass is 16.7. The van der Waals surface area contributed by atoms with Crippen molar-refractivity contribution in [2.24, 2.45) is 5.92 Å². The van der Waals surface area contributed by atoms with Gasteiger partial charge in [-0.1, -0.05) is 73.5 Å². The average molecular weight is 649 g/mol. The number of rotatable bonds is 14. The summed E-state index contributed by atoms with van der Waals surface area (Å²) in [5.41, 5.74) is 3.26. The van der Waals surface area contributed by atoms with Gasteiger partial charge in [-0.2, -0.15) is 15.1 Å². The predicted octanol–water partition coefficient (Wildman–Crippen LogP) is 5.24. The third kappa shape index (κ3) is 7.43. The van der Waals surface area contributed by atoms with Crippen molar-refractivity contribution in [3.05, 3.63) is 103 Å². The van der Waals surface area contributed by atoms with E-state index in [2.05, 4.69) is 21.1 Å². The largest absolute Gasteiger partial charge is 0.467 e. The number of esters is 1. The quantitative estimate of drug-likeness (QED) is 0.147. The number of fused-ring (bicyclic) bond motifs is 1. The van der Waals surface area contributed by atoms with E-state index in [0.717, 1.165) is 42.4 Å². The second-order valence-corrected chi connectivity index (χ2v) is 11.7. The van der Waals surface area contributed by atoms with Gasteiger partial charge in [0.15, 0.2) is 17.9 Å². The van der Waals surface area contributed by atoms with Crippen LogP contribution in [-0.4, -0.2) is 55.7 Å². The Balaban J connectivity index is 1.26. The van der Waals surface area contributed by atoms with Crippen LogP contribution in [0.3, 0.4) is 0 Å². The van der Waals surface area contributed by atoms with Gasteiger partial charge in [0, 0.05) is 23.3 Å². The van der Waals surface area contributed by atoms with Crippen LogP contribution in [0.5, 0.6) is 0 Å².